The van der Waals surface area contributed by atoms with E-state index in [9.17, 15) is 4.79 Å². The fourth-order valence-electron chi connectivity index (χ4n) is 0.906. The minimum Gasteiger partial charge on any atom is -0.462 e. The van der Waals surface area contributed by atoms with Gasteiger partial charge in [-0.15, -0.1) is 23.7 Å². The summed E-state index contributed by atoms with van der Waals surface area (Å²) in [6.07, 6.45) is 0. The number of esters is 1. The van der Waals surface area contributed by atoms with Crippen molar-refractivity contribution in [1.82, 2.24) is 0 Å². The van der Waals surface area contributed by atoms with Gasteiger partial charge < -0.3 is 10.5 Å². The van der Waals surface area contributed by atoms with Gasteiger partial charge in [-0.3, -0.25) is 0 Å². The molecule has 0 aliphatic rings. The molecular weight excluding hydrogens is 210 g/mol. The van der Waals surface area contributed by atoms with Crippen molar-refractivity contribution in [2.24, 2.45) is 0 Å². The van der Waals surface area contributed by atoms with Crippen LogP contribution < -0.4 is 5.73 Å². The van der Waals surface area contributed by atoms with E-state index in [4.69, 9.17) is 10.5 Å². The lowest BCUT2D eigenvalue weighted by Gasteiger charge is -1.98. The van der Waals surface area contributed by atoms with E-state index in [0.717, 1.165) is 5.56 Å². The lowest BCUT2D eigenvalue weighted by atomic mass is 10.3. The van der Waals surface area contributed by atoms with Crippen LogP contribution in [-0.2, 0) is 4.74 Å². The number of hydrogen-bond donors (Lipinski definition) is 1. The highest BCUT2D eigenvalue weighted by molar-refractivity contribution is 7.17. The molecule has 1 aromatic heterocycles. The number of nitrogens with two attached hydrogens (primary N) is 1. The van der Waals surface area contributed by atoms with E-state index in [1.165, 1.54) is 11.3 Å². The molecule has 2 N–H and O–H groups in total. The van der Waals surface area contributed by atoms with Gasteiger partial charge in [0.2, 0.25) is 0 Å². The van der Waals surface area contributed by atoms with Crippen LogP contribution in [0.25, 0.3) is 0 Å². The van der Waals surface area contributed by atoms with Crippen molar-refractivity contribution >= 4 is 34.7 Å². The quantitative estimate of drug-likeness (QED) is 0.780. The topological polar surface area (TPSA) is 52.3 Å². The average molecular weight is 222 g/mol. The molecule has 0 amide bonds. The van der Waals surface area contributed by atoms with Crippen LogP contribution >= 0.6 is 23.7 Å². The monoisotopic (exact) mass is 221 g/mol. The summed E-state index contributed by atoms with van der Waals surface area (Å²) in [5.74, 6) is -0.281. The predicted molar refractivity (Wildman–Crippen MR) is 56.7 cm³/mol. The van der Waals surface area contributed by atoms with Gasteiger partial charge in [-0.1, -0.05) is 0 Å². The van der Waals surface area contributed by atoms with E-state index in [2.05, 4.69) is 0 Å². The third kappa shape index (κ3) is 2.90. The fourth-order valence-corrected chi connectivity index (χ4v) is 1.74. The summed E-state index contributed by atoms with van der Waals surface area (Å²) in [5.41, 5.74) is 6.41. The van der Waals surface area contributed by atoms with Crippen molar-refractivity contribution in [2.75, 3.05) is 12.3 Å². The molecule has 0 radical (unpaired) electrons. The van der Waals surface area contributed by atoms with Gasteiger partial charge in [0.15, 0.2) is 0 Å². The Bertz CT molecular complexity index is 298. The summed E-state index contributed by atoms with van der Waals surface area (Å²) >= 11 is 1.27. The Balaban J connectivity index is 0.00000144. The molecule has 0 saturated heterocycles. The maximum atomic E-state index is 11.2. The highest BCUT2D eigenvalue weighted by Gasteiger charge is 2.12. The van der Waals surface area contributed by atoms with Crippen molar-refractivity contribution in [3.63, 3.8) is 0 Å². The average Bonchev–Trinajstić information content (AvgIpc) is 2.30. The lowest BCUT2D eigenvalue weighted by Crippen LogP contribution is -2.03. The molecule has 0 atom stereocenters. The minimum absolute atomic E-state index is 0. The van der Waals surface area contributed by atoms with Crippen LogP contribution in [0.4, 0.5) is 5.00 Å². The summed E-state index contributed by atoms with van der Waals surface area (Å²) in [6, 6.07) is 1.77. The van der Waals surface area contributed by atoms with Gasteiger partial charge in [-0.05, 0) is 25.5 Å². The van der Waals surface area contributed by atoms with Gasteiger partial charge in [-0.25, -0.2) is 4.79 Å². The zero-order chi connectivity index (χ0) is 9.14. The van der Waals surface area contributed by atoms with Crippen LogP contribution in [0.3, 0.4) is 0 Å². The van der Waals surface area contributed by atoms with Crippen molar-refractivity contribution in [2.45, 2.75) is 13.8 Å². The fraction of sp³-hybridized carbons (Fsp3) is 0.375. The van der Waals surface area contributed by atoms with E-state index in [1.54, 1.807) is 13.0 Å². The summed E-state index contributed by atoms with van der Waals surface area (Å²) in [5, 5.41) is 0.649. The molecule has 1 heterocycles. The second-order valence-electron chi connectivity index (χ2n) is 2.38. The number of rotatable bonds is 2. The zero-order valence-electron chi connectivity index (χ0n) is 7.49. The number of halogens is 1. The molecule has 1 aromatic rings. The molecule has 0 aliphatic heterocycles. The Morgan fingerprint density at radius 1 is 1.69 bits per heavy atom. The van der Waals surface area contributed by atoms with Crippen molar-refractivity contribution in [1.29, 1.82) is 0 Å². The molecule has 0 fully saturated rings. The summed E-state index contributed by atoms with van der Waals surface area (Å²) in [7, 11) is 0. The zero-order valence-corrected chi connectivity index (χ0v) is 9.13. The highest BCUT2D eigenvalue weighted by atomic mass is 35.5. The molecule has 3 nitrogen and oxygen atoms in total. The van der Waals surface area contributed by atoms with Crippen LogP contribution in [0.1, 0.15) is 22.2 Å². The predicted octanol–water partition coefficient (Wildman–Crippen LogP) is 2.24. The Morgan fingerprint density at radius 3 is 2.69 bits per heavy atom. The van der Waals surface area contributed by atoms with Gasteiger partial charge in [0, 0.05) is 0 Å². The van der Waals surface area contributed by atoms with Gasteiger partial charge >= 0.3 is 5.97 Å². The number of hydrogen-bond acceptors (Lipinski definition) is 4. The largest absolute Gasteiger partial charge is 0.462 e. The van der Waals surface area contributed by atoms with Crippen LogP contribution in [0.15, 0.2) is 6.07 Å². The SMILES string of the molecule is CCOC(=O)c1sc(N)cc1C.Cl. The first-order valence-electron chi connectivity index (χ1n) is 3.68. The number of ether oxygens (including phenoxy) is 1. The Kier molecular flexibility index (Phi) is 4.80. The number of thiophene rings is 1. The smallest absolute Gasteiger partial charge is 0.348 e. The van der Waals surface area contributed by atoms with Gasteiger partial charge in [0.1, 0.15) is 4.88 Å². The molecule has 0 spiro atoms. The first kappa shape index (κ1) is 12.3. The lowest BCUT2D eigenvalue weighted by molar-refractivity contribution is 0.0531. The molecule has 0 saturated carbocycles. The van der Waals surface area contributed by atoms with Gasteiger partial charge in [-0.2, -0.15) is 0 Å². The van der Waals surface area contributed by atoms with E-state index < -0.39 is 0 Å². The molecule has 0 aliphatic carbocycles. The number of nitrogen functional groups attached to an aromatic ring is 1. The molecule has 74 valence electrons. The van der Waals surface area contributed by atoms with E-state index in [1.807, 2.05) is 6.92 Å². The molecule has 5 heteroatoms. The van der Waals surface area contributed by atoms with Crippen LogP contribution in [0, 0.1) is 6.92 Å². The Morgan fingerprint density at radius 2 is 2.31 bits per heavy atom. The Hall–Kier alpha value is -0.740. The summed E-state index contributed by atoms with van der Waals surface area (Å²) in [4.78, 5) is 11.8. The number of carbonyl (C=O) groups excluding carboxylic acids is 1. The van der Waals surface area contributed by atoms with Gasteiger partial charge in [0.25, 0.3) is 0 Å². The van der Waals surface area contributed by atoms with Crippen molar-refractivity contribution in [3.05, 3.63) is 16.5 Å². The molecule has 0 bridgehead atoms. The summed E-state index contributed by atoms with van der Waals surface area (Å²) < 4.78 is 4.84. The highest BCUT2D eigenvalue weighted by Crippen LogP contribution is 2.24. The van der Waals surface area contributed by atoms with E-state index >= 15 is 0 Å². The van der Waals surface area contributed by atoms with E-state index in [0.29, 0.717) is 16.5 Å². The standard InChI is InChI=1S/C8H11NO2S.ClH/c1-3-11-8(10)7-5(2)4-6(9)12-7;/h4H,3,9H2,1-2H3;1H. The van der Waals surface area contributed by atoms with Crippen molar-refractivity contribution < 1.29 is 9.53 Å². The molecule has 0 unspecified atom stereocenters. The van der Waals surface area contributed by atoms with E-state index in [-0.39, 0.29) is 18.4 Å². The second-order valence-corrected chi connectivity index (χ2v) is 3.47. The van der Waals surface area contributed by atoms with Crippen LogP contribution in [0.5, 0.6) is 0 Å². The molecular formula is C8H12ClNO2S. The van der Waals surface area contributed by atoms with Gasteiger partial charge in [0.05, 0.1) is 11.6 Å². The second kappa shape index (κ2) is 5.09. The molecule has 0 aromatic carbocycles. The normalized spacial score (nSPS) is 9.08. The molecule has 1 rings (SSSR count). The third-order valence-electron chi connectivity index (χ3n) is 1.40. The molecule has 13 heavy (non-hydrogen) atoms. The first-order valence-corrected chi connectivity index (χ1v) is 4.49. The van der Waals surface area contributed by atoms with Crippen LogP contribution in [0.2, 0.25) is 0 Å². The Labute approximate surface area is 87.3 Å². The third-order valence-corrected chi connectivity index (χ3v) is 2.44. The maximum absolute atomic E-state index is 11.2. The number of carbonyl (C=O) groups is 1. The minimum atomic E-state index is -0.281. The van der Waals surface area contributed by atoms with Crippen LogP contribution in [-0.4, -0.2) is 12.6 Å². The first-order chi connectivity index (χ1) is 5.65. The summed E-state index contributed by atoms with van der Waals surface area (Å²) in [6.45, 7) is 4.03. The number of aryl methyl sites for hydroxylation is 1. The number of anilines is 1. The van der Waals surface area contributed by atoms with Crippen molar-refractivity contribution in [3.8, 4) is 0 Å². The maximum Gasteiger partial charge on any atom is 0.348 e.